The van der Waals surface area contributed by atoms with Gasteiger partial charge in [0.25, 0.3) is 0 Å². The highest BCUT2D eigenvalue weighted by Gasteiger charge is 2.40. The summed E-state index contributed by atoms with van der Waals surface area (Å²) in [5.41, 5.74) is 0.717. The average molecular weight is 310 g/mol. The first-order valence-electron chi connectivity index (χ1n) is 7.22. The molecule has 1 aromatic carbocycles. The Morgan fingerprint density at radius 1 is 1.29 bits per heavy atom. The third-order valence-corrected chi connectivity index (χ3v) is 4.39. The van der Waals surface area contributed by atoms with Gasteiger partial charge in [-0.3, -0.25) is 4.79 Å². The minimum Gasteiger partial charge on any atom is -0.480 e. The van der Waals surface area contributed by atoms with E-state index in [9.17, 15) is 14.7 Å². The van der Waals surface area contributed by atoms with E-state index in [1.807, 2.05) is 13.0 Å². The molecule has 21 heavy (non-hydrogen) atoms. The largest absolute Gasteiger partial charge is 0.480 e. The predicted octanol–water partition coefficient (Wildman–Crippen LogP) is 3.09. The summed E-state index contributed by atoms with van der Waals surface area (Å²) in [6.07, 6.45) is 3.90. The number of benzene rings is 1. The van der Waals surface area contributed by atoms with Crippen LogP contribution in [0.3, 0.4) is 0 Å². The lowest BCUT2D eigenvalue weighted by Gasteiger charge is -2.34. The van der Waals surface area contributed by atoms with Gasteiger partial charge in [-0.2, -0.15) is 0 Å². The number of carboxylic acids is 1. The number of hydrogen-bond acceptors (Lipinski definition) is 2. The Labute approximate surface area is 129 Å². The predicted molar refractivity (Wildman–Crippen MR) is 81.5 cm³/mol. The summed E-state index contributed by atoms with van der Waals surface area (Å²) in [7, 11) is 0. The molecule has 1 aliphatic rings. The zero-order chi connectivity index (χ0) is 15.5. The quantitative estimate of drug-likeness (QED) is 0.898. The molecule has 1 aliphatic carbocycles. The number of aryl methyl sites for hydroxylation is 1. The van der Waals surface area contributed by atoms with Gasteiger partial charge in [-0.05, 0) is 43.0 Å². The van der Waals surface area contributed by atoms with Crippen molar-refractivity contribution in [3.63, 3.8) is 0 Å². The van der Waals surface area contributed by atoms with E-state index in [1.165, 1.54) is 0 Å². The van der Waals surface area contributed by atoms with E-state index in [4.69, 9.17) is 11.6 Å². The van der Waals surface area contributed by atoms with E-state index in [-0.39, 0.29) is 12.3 Å². The summed E-state index contributed by atoms with van der Waals surface area (Å²) < 4.78 is 0. The second-order valence-corrected chi connectivity index (χ2v) is 6.18. The molecule has 0 aliphatic heterocycles. The van der Waals surface area contributed by atoms with Gasteiger partial charge in [0.05, 0.1) is 6.42 Å². The molecule has 0 saturated heterocycles. The summed E-state index contributed by atoms with van der Waals surface area (Å²) in [5.74, 6) is -1.17. The van der Waals surface area contributed by atoms with Crippen molar-refractivity contribution in [1.82, 2.24) is 5.32 Å². The molecule has 0 spiro atoms. The lowest BCUT2D eigenvalue weighted by Crippen LogP contribution is -2.56. The molecule has 0 heterocycles. The maximum Gasteiger partial charge on any atom is 0.329 e. The fourth-order valence-corrected chi connectivity index (χ4v) is 3.12. The standard InChI is InChI=1S/C16H20ClNO3/c1-11-9-13(17)6-5-12(11)10-14(19)18-16(15(20)21)7-3-2-4-8-16/h5-6,9H,2-4,7-8,10H2,1H3,(H,18,19)(H,20,21). The lowest BCUT2D eigenvalue weighted by molar-refractivity contribution is -0.149. The van der Waals surface area contributed by atoms with E-state index >= 15 is 0 Å². The second-order valence-electron chi connectivity index (χ2n) is 5.74. The SMILES string of the molecule is Cc1cc(Cl)ccc1CC(=O)NC1(C(=O)O)CCCCC1. The smallest absolute Gasteiger partial charge is 0.329 e. The third kappa shape index (κ3) is 3.76. The molecule has 1 aromatic rings. The van der Waals surface area contributed by atoms with E-state index in [1.54, 1.807) is 12.1 Å². The maximum atomic E-state index is 12.2. The minimum atomic E-state index is -1.09. The van der Waals surface area contributed by atoms with Crippen LogP contribution in [0.4, 0.5) is 0 Å². The van der Waals surface area contributed by atoms with Crippen LogP contribution in [-0.4, -0.2) is 22.5 Å². The minimum absolute atomic E-state index is 0.179. The molecule has 5 heteroatoms. The second kappa shape index (κ2) is 6.48. The number of halogens is 1. The summed E-state index contributed by atoms with van der Waals surface area (Å²) in [6.45, 7) is 1.89. The molecular formula is C16H20ClNO3. The van der Waals surface area contributed by atoms with Gasteiger partial charge in [0.15, 0.2) is 0 Å². The Morgan fingerprint density at radius 2 is 1.95 bits per heavy atom. The van der Waals surface area contributed by atoms with Crippen molar-refractivity contribution in [3.05, 3.63) is 34.3 Å². The van der Waals surface area contributed by atoms with Crippen molar-refractivity contribution < 1.29 is 14.7 Å². The summed E-state index contributed by atoms with van der Waals surface area (Å²) >= 11 is 5.89. The van der Waals surface area contributed by atoms with Crippen LogP contribution in [0.15, 0.2) is 18.2 Å². The van der Waals surface area contributed by atoms with E-state index in [2.05, 4.69) is 5.32 Å². The van der Waals surface area contributed by atoms with Crippen molar-refractivity contribution in [2.45, 2.75) is 51.0 Å². The Bertz CT molecular complexity index is 550. The Kier molecular flexibility index (Phi) is 4.88. The van der Waals surface area contributed by atoms with Crippen LogP contribution in [0.25, 0.3) is 0 Å². The first-order valence-corrected chi connectivity index (χ1v) is 7.60. The maximum absolute atomic E-state index is 12.2. The number of hydrogen-bond donors (Lipinski definition) is 2. The molecule has 0 unspecified atom stereocenters. The number of aliphatic carboxylic acids is 1. The molecule has 1 fully saturated rings. The van der Waals surface area contributed by atoms with Crippen LogP contribution in [0.5, 0.6) is 0 Å². The number of carbonyl (C=O) groups excluding carboxylic acids is 1. The van der Waals surface area contributed by atoms with Gasteiger partial charge in [0.1, 0.15) is 5.54 Å². The number of nitrogens with one attached hydrogen (secondary N) is 1. The zero-order valence-electron chi connectivity index (χ0n) is 12.1. The Balaban J connectivity index is 2.07. The fraction of sp³-hybridized carbons (Fsp3) is 0.500. The fourth-order valence-electron chi connectivity index (χ4n) is 2.89. The van der Waals surface area contributed by atoms with Gasteiger partial charge >= 0.3 is 5.97 Å². The first kappa shape index (κ1) is 15.8. The summed E-state index contributed by atoms with van der Waals surface area (Å²) in [4.78, 5) is 23.8. The van der Waals surface area contributed by atoms with E-state index in [0.29, 0.717) is 17.9 Å². The molecule has 0 bridgehead atoms. The van der Waals surface area contributed by atoms with Gasteiger partial charge in [0.2, 0.25) is 5.91 Å². The van der Waals surface area contributed by atoms with Gasteiger partial charge in [-0.1, -0.05) is 36.9 Å². The molecule has 1 saturated carbocycles. The molecule has 0 radical (unpaired) electrons. The molecule has 2 rings (SSSR count). The van der Waals surface area contributed by atoms with Gasteiger partial charge in [-0.15, -0.1) is 0 Å². The average Bonchev–Trinajstić information content (AvgIpc) is 2.43. The van der Waals surface area contributed by atoms with Crippen LogP contribution in [0.2, 0.25) is 5.02 Å². The lowest BCUT2D eigenvalue weighted by atomic mass is 9.81. The highest BCUT2D eigenvalue weighted by atomic mass is 35.5. The normalized spacial score (nSPS) is 17.2. The van der Waals surface area contributed by atoms with Crippen LogP contribution >= 0.6 is 11.6 Å². The van der Waals surface area contributed by atoms with Crippen LogP contribution in [0.1, 0.15) is 43.2 Å². The van der Waals surface area contributed by atoms with Gasteiger partial charge in [-0.25, -0.2) is 4.79 Å². The summed E-state index contributed by atoms with van der Waals surface area (Å²) in [5, 5.41) is 12.8. The van der Waals surface area contributed by atoms with Crippen molar-refractivity contribution in [2.24, 2.45) is 0 Å². The van der Waals surface area contributed by atoms with Gasteiger partial charge in [0, 0.05) is 5.02 Å². The highest BCUT2D eigenvalue weighted by Crippen LogP contribution is 2.28. The van der Waals surface area contributed by atoms with E-state index < -0.39 is 11.5 Å². The zero-order valence-corrected chi connectivity index (χ0v) is 12.9. The number of carbonyl (C=O) groups is 2. The van der Waals surface area contributed by atoms with Crippen molar-refractivity contribution >= 4 is 23.5 Å². The molecule has 0 aromatic heterocycles. The van der Waals surface area contributed by atoms with Crippen molar-refractivity contribution in [1.29, 1.82) is 0 Å². The van der Waals surface area contributed by atoms with Crippen LogP contribution in [0, 0.1) is 6.92 Å². The van der Waals surface area contributed by atoms with Crippen molar-refractivity contribution in [3.8, 4) is 0 Å². The Morgan fingerprint density at radius 3 is 2.52 bits per heavy atom. The molecule has 114 valence electrons. The van der Waals surface area contributed by atoms with Crippen LogP contribution < -0.4 is 5.32 Å². The Hall–Kier alpha value is -1.55. The monoisotopic (exact) mass is 309 g/mol. The molecule has 1 amide bonds. The molecule has 2 N–H and O–H groups in total. The third-order valence-electron chi connectivity index (χ3n) is 4.15. The topological polar surface area (TPSA) is 66.4 Å². The van der Waals surface area contributed by atoms with E-state index in [0.717, 1.165) is 30.4 Å². The first-order chi connectivity index (χ1) is 9.93. The number of rotatable bonds is 4. The van der Waals surface area contributed by atoms with Gasteiger partial charge < -0.3 is 10.4 Å². The van der Waals surface area contributed by atoms with Crippen molar-refractivity contribution in [2.75, 3.05) is 0 Å². The van der Waals surface area contributed by atoms with Crippen LogP contribution in [-0.2, 0) is 16.0 Å². The number of amides is 1. The molecular weight excluding hydrogens is 290 g/mol. The molecule has 4 nitrogen and oxygen atoms in total. The highest BCUT2D eigenvalue weighted by molar-refractivity contribution is 6.30. The summed E-state index contributed by atoms with van der Waals surface area (Å²) in [6, 6.07) is 5.36. The number of carboxylic acid groups (broad SMARTS) is 1. The molecule has 0 atom stereocenters.